The van der Waals surface area contributed by atoms with Gasteiger partial charge in [0.1, 0.15) is 6.04 Å². The fourth-order valence-corrected chi connectivity index (χ4v) is 3.56. The van der Waals surface area contributed by atoms with Crippen LogP contribution in [0.4, 0.5) is 0 Å². The molecule has 4 heteroatoms. The van der Waals surface area contributed by atoms with Crippen LogP contribution in [0.3, 0.4) is 0 Å². The SMILES string of the molecule is CC1CCCN(Cc2ccc(CNC(=O)C(N)c3ccccc3)cc2)C1. The molecule has 2 atom stereocenters. The number of rotatable bonds is 6. The number of hydrogen-bond acceptors (Lipinski definition) is 3. The van der Waals surface area contributed by atoms with E-state index < -0.39 is 6.04 Å². The van der Waals surface area contributed by atoms with Crippen LogP contribution in [0.5, 0.6) is 0 Å². The molecule has 0 aromatic heterocycles. The molecule has 138 valence electrons. The van der Waals surface area contributed by atoms with Crippen LogP contribution in [0.2, 0.25) is 0 Å². The molecule has 1 aliphatic heterocycles. The van der Waals surface area contributed by atoms with E-state index >= 15 is 0 Å². The van der Waals surface area contributed by atoms with Gasteiger partial charge in [-0.3, -0.25) is 9.69 Å². The van der Waals surface area contributed by atoms with Crippen molar-refractivity contribution >= 4 is 5.91 Å². The summed E-state index contributed by atoms with van der Waals surface area (Å²) in [7, 11) is 0. The molecule has 3 N–H and O–H groups in total. The first-order valence-corrected chi connectivity index (χ1v) is 9.50. The van der Waals surface area contributed by atoms with E-state index in [-0.39, 0.29) is 5.91 Å². The van der Waals surface area contributed by atoms with Crippen LogP contribution in [-0.4, -0.2) is 23.9 Å². The van der Waals surface area contributed by atoms with Gasteiger partial charge in [-0.05, 0) is 42.0 Å². The van der Waals surface area contributed by atoms with Gasteiger partial charge in [0.25, 0.3) is 0 Å². The van der Waals surface area contributed by atoms with Crippen LogP contribution in [0.1, 0.15) is 42.5 Å². The summed E-state index contributed by atoms with van der Waals surface area (Å²) in [6.07, 6.45) is 2.65. The molecule has 26 heavy (non-hydrogen) atoms. The molecule has 4 nitrogen and oxygen atoms in total. The Morgan fingerprint density at radius 2 is 1.85 bits per heavy atom. The molecule has 0 radical (unpaired) electrons. The van der Waals surface area contributed by atoms with E-state index in [4.69, 9.17) is 5.73 Å². The quantitative estimate of drug-likeness (QED) is 0.840. The number of likely N-dealkylation sites (tertiary alicyclic amines) is 1. The number of nitrogens with two attached hydrogens (primary N) is 1. The van der Waals surface area contributed by atoms with Gasteiger partial charge in [0.05, 0.1) is 0 Å². The van der Waals surface area contributed by atoms with E-state index in [1.165, 1.54) is 31.5 Å². The van der Waals surface area contributed by atoms with E-state index in [0.29, 0.717) is 6.54 Å². The van der Waals surface area contributed by atoms with E-state index in [1.54, 1.807) is 0 Å². The zero-order valence-corrected chi connectivity index (χ0v) is 15.5. The van der Waals surface area contributed by atoms with Crippen molar-refractivity contribution in [1.29, 1.82) is 0 Å². The Morgan fingerprint density at radius 1 is 1.15 bits per heavy atom. The van der Waals surface area contributed by atoms with Gasteiger partial charge < -0.3 is 11.1 Å². The summed E-state index contributed by atoms with van der Waals surface area (Å²) in [5.74, 6) is 0.648. The molecule has 0 spiro atoms. The summed E-state index contributed by atoms with van der Waals surface area (Å²) >= 11 is 0. The number of carbonyl (C=O) groups excluding carboxylic acids is 1. The van der Waals surface area contributed by atoms with Crippen LogP contribution in [0, 0.1) is 5.92 Å². The number of carbonyl (C=O) groups is 1. The predicted octanol–water partition coefficient (Wildman–Crippen LogP) is 3.23. The minimum atomic E-state index is -0.628. The van der Waals surface area contributed by atoms with Gasteiger partial charge >= 0.3 is 0 Å². The lowest BCUT2D eigenvalue weighted by Crippen LogP contribution is -2.34. The van der Waals surface area contributed by atoms with Gasteiger partial charge in [-0.2, -0.15) is 0 Å². The predicted molar refractivity (Wildman–Crippen MR) is 105 cm³/mol. The van der Waals surface area contributed by atoms with Gasteiger partial charge in [-0.15, -0.1) is 0 Å². The number of amides is 1. The van der Waals surface area contributed by atoms with Gasteiger partial charge in [-0.25, -0.2) is 0 Å². The molecule has 0 saturated carbocycles. The Bertz CT molecular complexity index is 699. The Kier molecular flexibility index (Phi) is 6.42. The van der Waals surface area contributed by atoms with Crippen molar-refractivity contribution in [3.05, 3.63) is 71.3 Å². The van der Waals surface area contributed by atoms with Gasteiger partial charge in [0.2, 0.25) is 5.91 Å². The molecule has 0 bridgehead atoms. The van der Waals surface area contributed by atoms with Crippen molar-refractivity contribution in [2.24, 2.45) is 11.7 Å². The van der Waals surface area contributed by atoms with E-state index in [9.17, 15) is 4.79 Å². The third kappa shape index (κ3) is 5.16. The Hall–Kier alpha value is -2.17. The van der Waals surface area contributed by atoms with Crippen molar-refractivity contribution in [2.45, 2.75) is 38.9 Å². The molecular weight excluding hydrogens is 322 g/mol. The number of hydrogen-bond donors (Lipinski definition) is 2. The second-order valence-electron chi connectivity index (χ2n) is 7.41. The average molecular weight is 351 g/mol. The average Bonchev–Trinajstić information content (AvgIpc) is 2.67. The molecular formula is C22H29N3O. The maximum atomic E-state index is 12.2. The summed E-state index contributed by atoms with van der Waals surface area (Å²) in [5, 5.41) is 2.93. The van der Waals surface area contributed by atoms with E-state index in [2.05, 4.69) is 41.4 Å². The standard InChI is InChI=1S/C22H29N3O/c1-17-6-5-13-25(15-17)16-19-11-9-18(10-12-19)14-24-22(26)21(23)20-7-3-2-4-8-20/h2-4,7-12,17,21H,5-6,13-16,23H2,1H3,(H,24,26). The van der Waals surface area contributed by atoms with Crippen LogP contribution >= 0.6 is 0 Å². The fraction of sp³-hybridized carbons (Fsp3) is 0.409. The van der Waals surface area contributed by atoms with Crippen molar-refractivity contribution in [3.63, 3.8) is 0 Å². The third-order valence-corrected chi connectivity index (χ3v) is 5.08. The minimum Gasteiger partial charge on any atom is -0.350 e. The Balaban J connectivity index is 1.49. The lowest BCUT2D eigenvalue weighted by atomic mass is 9.99. The first kappa shape index (κ1) is 18.6. The number of nitrogens with zero attached hydrogens (tertiary/aromatic N) is 1. The highest BCUT2D eigenvalue weighted by molar-refractivity contribution is 5.82. The molecule has 2 aromatic carbocycles. The molecule has 1 saturated heterocycles. The van der Waals surface area contributed by atoms with E-state index in [1.807, 2.05) is 30.3 Å². The maximum absolute atomic E-state index is 12.2. The van der Waals surface area contributed by atoms with Crippen molar-refractivity contribution in [3.8, 4) is 0 Å². The summed E-state index contributed by atoms with van der Waals surface area (Å²) in [6.45, 7) is 6.23. The first-order chi connectivity index (χ1) is 12.6. The highest BCUT2D eigenvalue weighted by Crippen LogP contribution is 2.18. The lowest BCUT2D eigenvalue weighted by molar-refractivity contribution is -0.122. The van der Waals surface area contributed by atoms with Crippen LogP contribution < -0.4 is 11.1 Å². The van der Waals surface area contributed by atoms with Crippen LogP contribution in [-0.2, 0) is 17.9 Å². The lowest BCUT2D eigenvalue weighted by Gasteiger charge is -2.30. The second kappa shape index (κ2) is 8.97. The number of nitrogens with one attached hydrogen (secondary N) is 1. The minimum absolute atomic E-state index is 0.150. The smallest absolute Gasteiger partial charge is 0.241 e. The number of piperidine rings is 1. The van der Waals surface area contributed by atoms with Gasteiger partial charge in [0.15, 0.2) is 0 Å². The number of benzene rings is 2. The largest absolute Gasteiger partial charge is 0.350 e. The molecule has 1 fully saturated rings. The zero-order valence-electron chi connectivity index (χ0n) is 15.5. The van der Waals surface area contributed by atoms with Crippen LogP contribution in [0.15, 0.2) is 54.6 Å². The summed E-state index contributed by atoms with van der Waals surface area (Å²) < 4.78 is 0. The topological polar surface area (TPSA) is 58.4 Å². The summed E-state index contributed by atoms with van der Waals surface area (Å²) in [4.78, 5) is 14.8. The summed E-state index contributed by atoms with van der Waals surface area (Å²) in [6, 6.07) is 17.3. The monoisotopic (exact) mass is 351 g/mol. The van der Waals surface area contributed by atoms with Crippen molar-refractivity contribution in [1.82, 2.24) is 10.2 Å². The van der Waals surface area contributed by atoms with Crippen molar-refractivity contribution < 1.29 is 4.79 Å². The first-order valence-electron chi connectivity index (χ1n) is 9.50. The molecule has 3 rings (SSSR count). The molecule has 1 aliphatic rings. The molecule has 0 aliphatic carbocycles. The zero-order chi connectivity index (χ0) is 18.4. The molecule has 2 unspecified atom stereocenters. The third-order valence-electron chi connectivity index (χ3n) is 5.08. The second-order valence-corrected chi connectivity index (χ2v) is 7.41. The highest BCUT2D eigenvalue weighted by atomic mass is 16.2. The van der Waals surface area contributed by atoms with Crippen LogP contribution in [0.25, 0.3) is 0 Å². The highest BCUT2D eigenvalue weighted by Gasteiger charge is 2.16. The van der Waals surface area contributed by atoms with Gasteiger partial charge in [0, 0.05) is 19.6 Å². The normalized spacial score (nSPS) is 19.1. The van der Waals surface area contributed by atoms with Crippen molar-refractivity contribution in [2.75, 3.05) is 13.1 Å². The molecule has 1 heterocycles. The molecule has 1 amide bonds. The van der Waals surface area contributed by atoms with Gasteiger partial charge in [-0.1, -0.05) is 61.5 Å². The van der Waals surface area contributed by atoms with E-state index in [0.717, 1.165) is 23.6 Å². The fourth-order valence-electron chi connectivity index (χ4n) is 3.56. The maximum Gasteiger partial charge on any atom is 0.241 e. The summed E-state index contributed by atoms with van der Waals surface area (Å²) in [5.41, 5.74) is 9.28. The Labute approximate surface area is 156 Å². The Morgan fingerprint density at radius 3 is 2.54 bits per heavy atom. The molecule has 2 aromatic rings.